The molecule has 0 aliphatic carbocycles. The first-order chi connectivity index (χ1) is 43.0. The van der Waals surface area contributed by atoms with E-state index in [0.29, 0.717) is 17.1 Å². The van der Waals surface area contributed by atoms with E-state index < -0.39 is 0 Å². The predicted molar refractivity (Wildman–Crippen MR) is 358 cm³/mol. The van der Waals surface area contributed by atoms with Crippen LogP contribution in [0.4, 0.5) is 5.69 Å². The van der Waals surface area contributed by atoms with Crippen molar-refractivity contribution in [1.82, 2.24) is 13.7 Å². The second-order valence-corrected chi connectivity index (χ2v) is 22.1. The van der Waals surface area contributed by atoms with Gasteiger partial charge in [0.1, 0.15) is 12.1 Å². The quantitative estimate of drug-likeness (QED) is 0.135. The molecule has 0 unspecified atom stereocenters. The molecule has 0 bridgehead atoms. The Bertz CT molecular complexity index is 4700. The third-order valence-corrected chi connectivity index (χ3v) is 17.3. The molecule has 0 radical (unpaired) electrons. The molecule has 0 aliphatic rings. The fraction of sp³-hybridized carbons (Fsp3) is 0. The van der Waals surface area contributed by atoms with Crippen LogP contribution in [0.5, 0.6) is 0 Å². The molecule has 87 heavy (non-hydrogen) atoms. The normalized spacial score (nSPS) is 11.4. The minimum atomic E-state index is 0.168. The molecule has 16 rings (SSSR count). The topological polar surface area (TPSA) is 66.7 Å². The maximum absolute atomic E-state index is 12.4. The zero-order valence-corrected chi connectivity index (χ0v) is 46.9. The average molecular weight is 1110 g/mol. The van der Waals surface area contributed by atoms with Crippen LogP contribution in [-0.4, -0.2) is 13.7 Å². The van der Waals surface area contributed by atoms with E-state index in [-0.39, 0.29) is 16.8 Å². The lowest BCUT2D eigenvalue weighted by molar-refractivity contribution is 1.08. The standard InChI is InChI=1S/C81H48N6/c1-84-78-80(86-74-40-34-60(54-24-12-4-13-25-54)46-66(74)67-47-61(35-41-75(67)86)55-26-14-5-15-27-55)70(50-82)79(85-72-38-32-58(52-20-8-2-9-21-52)44-64(72)65-45-59(33-39-73(65)85)53-22-10-3-11-23-53)71(51-83)81(78)87-76-42-36-62(56-28-16-6-17-29-56)48-68(76)69-49-63(37-43-77(69)87)57-30-18-7-19-31-57/h2-49H. The van der Waals surface area contributed by atoms with E-state index in [9.17, 15) is 17.1 Å². The number of aromatic nitrogens is 3. The van der Waals surface area contributed by atoms with E-state index in [1.54, 1.807) is 0 Å². The Balaban J connectivity index is 1.09. The van der Waals surface area contributed by atoms with Gasteiger partial charge in [-0.3, -0.25) is 0 Å². The summed E-state index contributed by atoms with van der Waals surface area (Å²) < 4.78 is 6.37. The van der Waals surface area contributed by atoms with Gasteiger partial charge in [0.2, 0.25) is 5.69 Å². The van der Waals surface area contributed by atoms with Crippen molar-refractivity contribution in [1.29, 1.82) is 10.5 Å². The van der Waals surface area contributed by atoms with Crippen molar-refractivity contribution in [3.05, 3.63) is 314 Å². The van der Waals surface area contributed by atoms with Crippen molar-refractivity contribution in [3.63, 3.8) is 0 Å². The van der Waals surface area contributed by atoms with Crippen LogP contribution in [0.1, 0.15) is 11.1 Å². The zero-order chi connectivity index (χ0) is 58.1. The van der Waals surface area contributed by atoms with E-state index in [1.807, 2.05) is 36.4 Å². The Morgan fingerprint density at radius 2 is 0.437 bits per heavy atom. The summed E-state index contributed by atoms with van der Waals surface area (Å²) in [5.41, 5.74) is 19.1. The predicted octanol–water partition coefficient (Wildman–Crippen LogP) is 21.3. The minimum absolute atomic E-state index is 0.168. The van der Waals surface area contributed by atoms with Gasteiger partial charge in [-0.2, -0.15) is 10.5 Å². The lowest BCUT2D eigenvalue weighted by atomic mass is 9.99. The molecule has 402 valence electrons. The zero-order valence-electron chi connectivity index (χ0n) is 46.9. The largest absolute Gasteiger partial charge is 0.318 e. The maximum Gasteiger partial charge on any atom is 0.236 e. The molecule has 0 N–H and O–H groups in total. The molecule has 0 atom stereocenters. The Morgan fingerprint density at radius 3 is 0.621 bits per heavy atom. The van der Waals surface area contributed by atoms with E-state index in [2.05, 4.69) is 285 Å². The molecule has 6 nitrogen and oxygen atoms in total. The number of nitriles is 2. The molecule has 0 saturated heterocycles. The van der Waals surface area contributed by atoms with Crippen molar-refractivity contribution >= 4 is 71.1 Å². The van der Waals surface area contributed by atoms with Gasteiger partial charge in [-0.15, -0.1) is 0 Å². The molecule has 13 aromatic carbocycles. The van der Waals surface area contributed by atoms with Gasteiger partial charge in [0.05, 0.1) is 67.9 Å². The fourth-order valence-electron chi connectivity index (χ4n) is 13.3. The van der Waals surface area contributed by atoms with E-state index >= 15 is 0 Å². The maximum atomic E-state index is 12.4. The Morgan fingerprint density at radius 1 is 0.241 bits per heavy atom. The highest BCUT2D eigenvalue weighted by molar-refractivity contribution is 6.17. The van der Waals surface area contributed by atoms with Crippen LogP contribution < -0.4 is 0 Å². The Labute approximate surface area is 502 Å². The molecule has 6 heteroatoms. The SMILES string of the molecule is [C-]#[N+]c1c(-n2c3ccc(-c4ccccc4)cc3c3cc(-c4ccccc4)ccc32)c(C#N)c(-n2c3ccc(-c4ccccc4)cc3c3cc(-c4ccccc4)ccc32)c(C#N)c1-n1c2ccc(-c3ccccc3)cc2c2cc(-c3ccccc3)ccc21. The number of benzene rings is 13. The van der Waals surface area contributed by atoms with Gasteiger partial charge in [-0.1, -0.05) is 218 Å². The number of nitrogens with zero attached hydrogens (tertiary/aromatic N) is 6. The highest BCUT2D eigenvalue weighted by Gasteiger charge is 2.33. The molecule has 0 aliphatic heterocycles. The van der Waals surface area contributed by atoms with Gasteiger partial charge in [0, 0.05) is 32.3 Å². The molecule has 0 amide bonds. The summed E-state index contributed by atoms with van der Waals surface area (Å²) in [5, 5.41) is 30.6. The second kappa shape index (κ2) is 20.6. The van der Waals surface area contributed by atoms with Crippen LogP contribution in [0, 0.1) is 29.2 Å². The van der Waals surface area contributed by atoms with Gasteiger partial charge >= 0.3 is 0 Å². The van der Waals surface area contributed by atoms with Crippen molar-refractivity contribution in [2.75, 3.05) is 0 Å². The van der Waals surface area contributed by atoms with Gasteiger partial charge in [-0.25, -0.2) is 4.85 Å². The summed E-state index contributed by atoms with van der Waals surface area (Å²) in [6, 6.07) is 107. The van der Waals surface area contributed by atoms with Crippen LogP contribution in [-0.2, 0) is 0 Å². The molecule has 3 heterocycles. The highest BCUT2D eigenvalue weighted by Crippen LogP contribution is 2.50. The van der Waals surface area contributed by atoms with Crippen molar-refractivity contribution in [2.45, 2.75) is 0 Å². The van der Waals surface area contributed by atoms with Gasteiger partial charge in [0.25, 0.3) is 0 Å². The highest BCUT2D eigenvalue weighted by atomic mass is 15.1. The van der Waals surface area contributed by atoms with E-state index in [0.717, 1.165) is 132 Å². The first-order valence-electron chi connectivity index (χ1n) is 29.0. The molecular formula is C81H48N6. The summed E-state index contributed by atoms with van der Waals surface area (Å²) in [7, 11) is 0. The first-order valence-corrected chi connectivity index (χ1v) is 29.0. The van der Waals surface area contributed by atoms with E-state index in [4.69, 9.17) is 0 Å². The van der Waals surface area contributed by atoms with Crippen LogP contribution in [0.25, 0.3) is 154 Å². The fourth-order valence-corrected chi connectivity index (χ4v) is 13.3. The van der Waals surface area contributed by atoms with Crippen LogP contribution >= 0.6 is 0 Å². The number of rotatable bonds is 9. The lowest BCUT2D eigenvalue weighted by Gasteiger charge is -2.23. The molecule has 0 spiro atoms. The number of fused-ring (bicyclic) bond motifs is 9. The molecule has 0 fully saturated rings. The van der Waals surface area contributed by atoms with Crippen LogP contribution in [0.3, 0.4) is 0 Å². The summed E-state index contributed by atoms with van der Waals surface area (Å²) in [6.07, 6.45) is 0. The van der Waals surface area contributed by atoms with Crippen molar-refractivity contribution in [3.8, 4) is 96.0 Å². The number of hydrogen-bond acceptors (Lipinski definition) is 2. The monoisotopic (exact) mass is 1100 g/mol. The lowest BCUT2D eigenvalue weighted by Crippen LogP contribution is -2.11. The van der Waals surface area contributed by atoms with Gasteiger partial charge < -0.3 is 13.7 Å². The third kappa shape index (κ3) is 8.15. The van der Waals surface area contributed by atoms with E-state index in [1.165, 1.54) is 0 Å². The Kier molecular flexibility index (Phi) is 11.9. The van der Waals surface area contributed by atoms with Crippen molar-refractivity contribution < 1.29 is 0 Å². The molecule has 3 aromatic heterocycles. The molecule has 16 aromatic rings. The number of hydrogen-bond donors (Lipinski definition) is 0. The molecule has 0 saturated carbocycles. The molecular weight excluding hydrogens is 1060 g/mol. The third-order valence-electron chi connectivity index (χ3n) is 17.3. The summed E-state index contributed by atoms with van der Waals surface area (Å²) in [4.78, 5) is 4.62. The Hall–Kier alpha value is -12.3. The van der Waals surface area contributed by atoms with Crippen LogP contribution in [0.2, 0.25) is 0 Å². The summed E-state index contributed by atoms with van der Waals surface area (Å²) in [6.45, 7) is 9.68. The van der Waals surface area contributed by atoms with Crippen LogP contribution in [0.15, 0.2) is 291 Å². The van der Waals surface area contributed by atoms with Crippen molar-refractivity contribution in [2.24, 2.45) is 0 Å². The average Bonchev–Trinajstić information content (AvgIpc) is 1.67. The smallest absolute Gasteiger partial charge is 0.236 e. The second-order valence-electron chi connectivity index (χ2n) is 22.1. The summed E-state index contributed by atoms with van der Waals surface area (Å²) >= 11 is 0. The minimum Gasteiger partial charge on any atom is -0.318 e. The summed E-state index contributed by atoms with van der Waals surface area (Å²) in [5.74, 6) is 0. The van der Waals surface area contributed by atoms with Gasteiger partial charge in [-0.05, 0) is 140 Å². The first kappa shape index (κ1) is 50.5. The van der Waals surface area contributed by atoms with Gasteiger partial charge in [0.15, 0.2) is 0 Å².